The van der Waals surface area contributed by atoms with Crippen LogP contribution in [0.15, 0.2) is 102 Å². The monoisotopic (exact) mass is 679 g/mol. The maximum atomic E-state index is 14.6. The number of benzene rings is 4. The molecule has 0 aromatic heterocycles. The Morgan fingerprint density at radius 3 is 2.13 bits per heavy atom. The van der Waals surface area contributed by atoms with E-state index in [1.807, 2.05) is 82.3 Å². The van der Waals surface area contributed by atoms with Crippen molar-refractivity contribution in [2.45, 2.75) is 64.1 Å². The molecule has 2 amide bonds. The van der Waals surface area contributed by atoms with Gasteiger partial charge in [-0.3, -0.25) is 13.9 Å². The first-order chi connectivity index (χ1) is 21.9. The fourth-order valence-corrected chi connectivity index (χ4v) is 6.67. The highest BCUT2D eigenvalue weighted by molar-refractivity contribution is 7.92. The number of hydrogen-bond donors (Lipinski definition) is 1. The van der Waals surface area contributed by atoms with Gasteiger partial charge in [-0.2, -0.15) is 0 Å². The predicted octanol–water partition coefficient (Wildman–Crippen LogP) is 7.36. The van der Waals surface area contributed by atoms with Gasteiger partial charge in [-0.15, -0.1) is 0 Å². The van der Waals surface area contributed by atoms with Crippen LogP contribution in [0, 0.1) is 13.8 Å². The van der Waals surface area contributed by atoms with Crippen molar-refractivity contribution in [1.82, 2.24) is 10.2 Å². The van der Waals surface area contributed by atoms with Crippen LogP contribution in [-0.4, -0.2) is 43.8 Å². The molecule has 242 valence electrons. The van der Waals surface area contributed by atoms with Crippen LogP contribution in [0.5, 0.6) is 0 Å². The Labute approximate surface area is 282 Å². The van der Waals surface area contributed by atoms with Crippen molar-refractivity contribution in [3.8, 4) is 0 Å². The number of sulfonamides is 1. The average molecular weight is 681 g/mol. The summed E-state index contributed by atoms with van der Waals surface area (Å²) in [5.41, 5.74) is 3.70. The molecule has 4 rings (SSSR count). The predicted molar refractivity (Wildman–Crippen MR) is 186 cm³/mol. The number of carbonyl (C=O) groups excluding carboxylic acids is 2. The number of rotatable bonds is 13. The van der Waals surface area contributed by atoms with Crippen molar-refractivity contribution in [1.29, 1.82) is 0 Å². The minimum atomic E-state index is -4.25. The SMILES string of the molecule is CC[C@@H](C)NC(=O)[C@H](Cc1ccccc1)N(Cc1ccccc1C)C(=O)CN(c1ccc(Cl)c(Cl)c1)S(=O)(=O)c1ccc(C)cc1. The number of anilines is 1. The number of aryl methyl sites for hydroxylation is 2. The minimum Gasteiger partial charge on any atom is -0.352 e. The molecule has 0 heterocycles. The average Bonchev–Trinajstić information content (AvgIpc) is 3.04. The van der Waals surface area contributed by atoms with Crippen LogP contribution >= 0.6 is 23.2 Å². The van der Waals surface area contributed by atoms with Crippen molar-refractivity contribution >= 4 is 50.7 Å². The second-order valence-electron chi connectivity index (χ2n) is 11.4. The van der Waals surface area contributed by atoms with Crippen LogP contribution in [0.3, 0.4) is 0 Å². The van der Waals surface area contributed by atoms with E-state index < -0.39 is 28.5 Å². The number of nitrogens with one attached hydrogen (secondary N) is 1. The Morgan fingerprint density at radius 2 is 1.50 bits per heavy atom. The molecule has 0 saturated carbocycles. The van der Waals surface area contributed by atoms with Gasteiger partial charge in [-0.25, -0.2) is 8.42 Å². The van der Waals surface area contributed by atoms with Crippen LogP contribution in [0.25, 0.3) is 0 Å². The smallest absolute Gasteiger partial charge is 0.264 e. The number of nitrogens with zero attached hydrogens (tertiary/aromatic N) is 2. The highest BCUT2D eigenvalue weighted by atomic mass is 35.5. The number of carbonyl (C=O) groups is 2. The molecule has 0 aliphatic rings. The van der Waals surface area contributed by atoms with Gasteiger partial charge in [-0.1, -0.05) is 102 Å². The number of hydrogen-bond acceptors (Lipinski definition) is 4. The van der Waals surface area contributed by atoms with Gasteiger partial charge in [0.05, 0.1) is 20.6 Å². The lowest BCUT2D eigenvalue weighted by molar-refractivity contribution is -0.140. The lowest BCUT2D eigenvalue weighted by atomic mass is 10.0. The van der Waals surface area contributed by atoms with Gasteiger partial charge < -0.3 is 10.2 Å². The summed E-state index contributed by atoms with van der Waals surface area (Å²) >= 11 is 12.5. The quantitative estimate of drug-likeness (QED) is 0.160. The molecule has 1 N–H and O–H groups in total. The van der Waals surface area contributed by atoms with Gasteiger partial charge in [0, 0.05) is 19.0 Å². The third-order valence-corrected chi connectivity index (χ3v) is 10.5. The number of halogens is 2. The van der Waals surface area contributed by atoms with Gasteiger partial charge in [0.25, 0.3) is 10.0 Å². The second kappa shape index (κ2) is 15.6. The van der Waals surface area contributed by atoms with E-state index in [4.69, 9.17) is 23.2 Å². The molecule has 0 unspecified atom stereocenters. The third-order valence-electron chi connectivity index (χ3n) is 7.95. The van der Waals surface area contributed by atoms with E-state index in [9.17, 15) is 18.0 Å². The molecule has 0 spiro atoms. The minimum absolute atomic E-state index is 0.0118. The highest BCUT2D eigenvalue weighted by Gasteiger charge is 2.35. The topological polar surface area (TPSA) is 86.8 Å². The Hall–Kier alpha value is -3.85. The zero-order valence-electron chi connectivity index (χ0n) is 26.4. The maximum absolute atomic E-state index is 14.6. The van der Waals surface area contributed by atoms with E-state index in [0.29, 0.717) is 6.42 Å². The van der Waals surface area contributed by atoms with E-state index in [0.717, 1.165) is 26.6 Å². The zero-order valence-corrected chi connectivity index (χ0v) is 28.7. The van der Waals surface area contributed by atoms with Crippen molar-refractivity contribution in [3.63, 3.8) is 0 Å². The Morgan fingerprint density at radius 1 is 0.848 bits per heavy atom. The molecule has 7 nitrogen and oxygen atoms in total. The normalized spacial score (nSPS) is 12.7. The van der Waals surface area contributed by atoms with Crippen molar-refractivity contribution in [2.75, 3.05) is 10.8 Å². The summed E-state index contributed by atoms with van der Waals surface area (Å²) in [4.78, 5) is 30.1. The Balaban J connectivity index is 1.83. The van der Waals surface area contributed by atoms with Gasteiger partial charge >= 0.3 is 0 Å². The molecule has 0 aliphatic heterocycles. The van der Waals surface area contributed by atoms with Crippen LogP contribution < -0.4 is 9.62 Å². The lowest BCUT2D eigenvalue weighted by Crippen LogP contribution is -2.54. The molecular formula is C36H39Cl2N3O4S. The third kappa shape index (κ3) is 8.69. The summed E-state index contributed by atoms with van der Waals surface area (Å²) in [5.74, 6) is -0.868. The summed E-state index contributed by atoms with van der Waals surface area (Å²) in [6, 6.07) is 26.8. The van der Waals surface area contributed by atoms with Crippen LogP contribution in [0.4, 0.5) is 5.69 Å². The van der Waals surface area contributed by atoms with Gasteiger partial charge in [0.2, 0.25) is 11.8 Å². The molecule has 0 radical (unpaired) electrons. The van der Waals surface area contributed by atoms with Gasteiger partial charge in [0.15, 0.2) is 0 Å². The highest BCUT2D eigenvalue weighted by Crippen LogP contribution is 2.31. The van der Waals surface area contributed by atoms with Gasteiger partial charge in [-0.05, 0) is 74.2 Å². The van der Waals surface area contributed by atoms with Crippen molar-refractivity contribution < 1.29 is 18.0 Å². The van der Waals surface area contributed by atoms with Crippen LogP contribution in [0.1, 0.15) is 42.5 Å². The van der Waals surface area contributed by atoms with E-state index in [2.05, 4.69) is 5.32 Å². The summed E-state index contributed by atoms with van der Waals surface area (Å²) in [6.45, 7) is 7.19. The first kappa shape index (κ1) is 35.0. The summed E-state index contributed by atoms with van der Waals surface area (Å²) in [6.07, 6.45) is 0.938. The fourth-order valence-electron chi connectivity index (χ4n) is 4.97. The molecule has 4 aromatic rings. The maximum Gasteiger partial charge on any atom is 0.264 e. The molecular weight excluding hydrogens is 641 g/mol. The molecule has 0 bridgehead atoms. The molecule has 0 aliphatic carbocycles. The first-order valence-electron chi connectivity index (χ1n) is 15.1. The molecule has 46 heavy (non-hydrogen) atoms. The molecule has 4 aromatic carbocycles. The molecule has 2 atom stereocenters. The molecule has 0 fully saturated rings. The lowest BCUT2D eigenvalue weighted by Gasteiger charge is -2.34. The van der Waals surface area contributed by atoms with Crippen LogP contribution in [-0.2, 0) is 32.6 Å². The first-order valence-corrected chi connectivity index (χ1v) is 17.3. The van der Waals surface area contributed by atoms with Crippen molar-refractivity contribution in [3.05, 3.63) is 129 Å². The Kier molecular flexibility index (Phi) is 11.9. The van der Waals surface area contributed by atoms with E-state index in [1.54, 1.807) is 12.1 Å². The van der Waals surface area contributed by atoms with E-state index >= 15 is 0 Å². The summed E-state index contributed by atoms with van der Waals surface area (Å²) < 4.78 is 29.4. The zero-order chi connectivity index (χ0) is 33.4. The van der Waals surface area contributed by atoms with Crippen molar-refractivity contribution in [2.24, 2.45) is 0 Å². The Bertz CT molecular complexity index is 1770. The standard InChI is InChI=1S/C36H39Cl2N3O4S/c1-5-27(4)39-36(43)34(21-28-12-7-6-8-13-28)40(23-29-14-10-9-11-26(29)3)35(42)24-41(30-17-20-32(37)33(38)22-30)46(44,45)31-18-15-25(2)16-19-31/h6-20,22,27,34H,5,21,23-24H2,1-4H3,(H,39,43)/t27-,34+/m1/s1. The van der Waals surface area contributed by atoms with E-state index in [-0.39, 0.29) is 45.5 Å². The second-order valence-corrected chi connectivity index (χ2v) is 14.1. The summed E-state index contributed by atoms with van der Waals surface area (Å²) in [7, 11) is -4.25. The number of amides is 2. The van der Waals surface area contributed by atoms with Crippen LogP contribution in [0.2, 0.25) is 10.0 Å². The van der Waals surface area contributed by atoms with E-state index in [1.165, 1.54) is 35.2 Å². The van der Waals surface area contributed by atoms with Gasteiger partial charge in [0.1, 0.15) is 12.6 Å². The largest absolute Gasteiger partial charge is 0.352 e. The fraction of sp³-hybridized carbons (Fsp3) is 0.278. The summed E-state index contributed by atoms with van der Waals surface area (Å²) in [5, 5.41) is 3.44. The molecule has 0 saturated heterocycles. The molecule has 10 heteroatoms.